The van der Waals surface area contributed by atoms with E-state index < -0.39 is 0 Å². The van der Waals surface area contributed by atoms with Gasteiger partial charge in [0.05, 0.1) is 0 Å². The molecule has 0 saturated carbocycles. The SMILES string of the molecule is CC1(C)c2ccccc2-c2cccc(-c3nc(-c4ccc(-c5ccncc5)cc4)nc(-c4ccc(-c5ccc6oc7ccccc7c6c5)cc4)n3)c21. The van der Waals surface area contributed by atoms with E-state index in [1.54, 1.807) is 0 Å². The third-order valence-electron chi connectivity index (χ3n) is 10.5. The Bertz CT molecular complexity index is 2800. The summed E-state index contributed by atoms with van der Waals surface area (Å²) in [6.07, 6.45) is 3.63. The first-order chi connectivity index (χ1) is 25.5. The Balaban J connectivity index is 1.10. The normalized spacial score (nSPS) is 13.0. The summed E-state index contributed by atoms with van der Waals surface area (Å²) in [6.45, 7) is 4.59. The molecule has 3 aromatic heterocycles. The Labute approximate surface area is 301 Å². The van der Waals surface area contributed by atoms with Crippen LogP contribution in [0, 0.1) is 0 Å². The van der Waals surface area contributed by atoms with Crippen LogP contribution in [0.15, 0.2) is 162 Å². The highest BCUT2D eigenvalue weighted by Gasteiger charge is 2.38. The molecule has 0 unspecified atom stereocenters. The Morgan fingerprint density at radius 2 is 0.962 bits per heavy atom. The van der Waals surface area contributed by atoms with Gasteiger partial charge in [0.15, 0.2) is 17.5 Å². The molecule has 10 rings (SSSR count). The highest BCUT2D eigenvalue weighted by atomic mass is 16.3. The zero-order chi connectivity index (χ0) is 34.8. The van der Waals surface area contributed by atoms with E-state index in [9.17, 15) is 0 Å². The maximum atomic E-state index is 6.08. The molecule has 0 fully saturated rings. The van der Waals surface area contributed by atoms with Gasteiger partial charge < -0.3 is 4.42 Å². The molecule has 0 atom stereocenters. The average Bonchev–Trinajstić information content (AvgIpc) is 3.70. The van der Waals surface area contributed by atoms with Gasteiger partial charge in [-0.25, -0.2) is 15.0 Å². The summed E-state index contributed by atoms with van der Waals surface area (Å²) < 4.78 is 6.08. The zero-order valence-corrected chi connectivity index (χ0v) is 28.7. The molecule has 0 spiro atoms. The van der Waals surface area contributed by atoms with Crippen LogP contribution in [0.25, 0.3) is 89.5 Å². The van der Waals surface area contributed by atoms with Crippen LogP contribution >= 0.6 is 0 Å². The molecule has 9 aromatic rings. The van der Waals surface area contributed by atoms with E-state index in [4.69, 9.17) is 19.4 Å². The largest absolute Gasteiger partial charge is 0.456 e. The molecule has 0 bridgehead atoms. The Hall–Kier alpha value is -6.72. The van der Waals surface area contributed by atoms with Crippen LogP contribution in [0.4, 0.5) is 0 Å². The molecule has 5 nitrogen and oxygen atoms in total. The summed E-state index contributed by atoms with van der Waals surface area (Å²) in [5.74, 6) is 1.93. The van der Waals surface area contributed by atoms with Gasteiger partial charge in [0.25, 0.3) is 0 Å². The molecule has 3 heterocycles. The maximum Gasteiger partial charge on any atom is 0.164 e. The highest BCUT2D eigenvalue weighted by Crippen LogP contribution is 2.51. The minimum atomic E-state index is -0.218. The molecular formula is C47H32N4O. The smallest absolute Gasteiger partial charge is 0.164 e. The van der Waals surface area contributed by atoms with Crippen molar-refractivity contribution in [3.63, 3.8) is 0 Å². The quantitative estimate of drug-likeness (QED) is 0.183. The predicted molar refractivity (Wildman–Crippen MR) is 210 cm³/mol. The maximum absolute atomic E-state index is 6.08. The molecule has 246 valence electrons. The van der Waals surface area contributed by atoms with Crippen molar-refractivity contribution in [3.8, 4) is 67.5 Å². The van der Waals surface area contributed by atoms with Crippen molar-refractivity contribution in [2.75, 3.05) is 0 Å². The van der Waals surface area contributed by atoms with E-state index >= 15 is 0 Å². The van der Waals surface area contributed by atoms with Gasteiger partial charge in [-0.05, 0) is 74.8 Å². The van der Waals surface area contributed by atoms with E-state index in [-0.39, 0.29) is 5.41 Å². The number of fused-ring (bicyclic) bond motifs is 6. The number of aromatic nitrogens is 4. The van der Waals surface area contributed by atoms with Crippen molar-refractivity contribution in [1.82, 2.24) is 19.9 Å². The summed E-state index contributed by atoms with van der Waals surface area (Å²) in [4.78, 5) is 19.7. The number of hydrogen-bond acceptors (Lipinski definition) is 5. The van der Waals surface area contributed by atoms with Crippen LogP contribution in [0.5, 0.6) is 0 Å². The van der Waals surface area contributed by atoms with Gasteiger partial charge in [-0.15, -0.1) is 0 Å². The number of furan rings is 1. The Morgan fingerprint density at radius 3 is 1.71 bits per heavy atom. The fourth-order valence-electron chi connectivity index (χ4n) is 7.86. The second kappa shape index (κ2) is 11.7. The highest BCUT2D eigenvalue weighted by molar-refractivity contribution is 6.06. The van der Waals surface area contributed by atoms with Crippen LogP contribution in [0.3, 0.4) is 0 Å². The Kier molecular flexibility index (Phi) is 6.77. The molecule has 6 aromatic carbocycles. The van der Waals surface area contributed by atoms with Gasteiger partial charge in [0.2, 0.25) is 0 Å². The molecule has 52 heavy (non-hydrogen) atoms. The van der Waals surface area contributed by atoms with Crippen molar-refractivity contribution in [3.05, 3.63) is 169 Å². The predicted octanol–water partition coefficient (Wildman–Crippen LogP) is 11.8. The minimum absolute atomic E-state index is 0.218. The van der Waals surface area contributed by atoms with Crippen LogP contribution in [0.1, 0.15) is 25.0 Å². The monoisotopic (exact) mass is 668 g/mol. The lowest BCUT2D eigenvalue weighted by Gasteiger charge is -2.24. The van der Waals surface area contributed by atoms with Crippen LogP contribution in [0.2, 0.25) is 0 Å². The summed E-state index contributed by atoms with van der Waals surface area (Å²) in [5, 5.41) is 2.23. The molecule has 1 aliphatic carbocycles. The lowest BCUT2D eigenvalue weighted by Crippen LogP contribution is -2.17. The molecule has 0 radical (unpaired) electrons. The van der Waals surface area contributed by atoms with Gasteiger partial charge in [-0.1, -0.05) is 129 Å². The number of nitrogens with zero attached hydrogens (tertiary/aromatic N) is 4. The second-order valence-electron chi connectivity index (χ2n) is 13.9. The lowest BCUT2D eigenvalue weighted by atomic mass is 9.80. The fraction of sp³-hybridized carbons (Fsp3) is 0.0638. The van der Waals surface area contributed by atoms with Crippen LogP contribution in [-0.4, -0.2) is 19.9 Å². The third-order valence-corrected chi connectivity index (χ3v) is 10.5. The summed E-state index contributed by atoms with van der Waals surface area (Å²) >= 11 is 0. The summed E-state index contributed by atoms with van der Waals surface area (Å²) in [6, 6.07) is 50.7. The van der Waals surface area contributed by atoms with E-state index in [1.807, 2.05) is 36.7 Å². The molecule has 0 N–H and O–H groups in total. The van der Waals surface area contributed by atoms with E-state index in [1.165, 1.54) is 22.3 Å². The van der Waals surface area contributed by atoms with Crippen molar-refractivity contribution < 1.29 is 4.42 Å². The second-order valence-corrected chi connectivity index (χ2v) is 13.9. The van der Waals surface area contributed by atoms with E-state index in [2.05, 4.69) is 140 Å². The first-order valence-corrected chi connectivity index (χ1v) is 17.5. The van der Waals surface area contributed by atoms with E-state index in [0.717, 1.165) is 60.9 Å². The van der Waals surface area contributed by atoms with Gasteiger partial charge in [-0.3, -0.25) is 4.98 Å². The van der Waals surface area contributed by atoms with Gasteiger partial charge in [-0.2, -0.15) is 0 Å². The number of pyridine rings is 1. The first kappa shape index (κ1) is 30.1. The molecular weight excluding hydrogens is 637 g/mol. The molecule has 0 aliphatic heterocycles. The average molecular weight is 669 g/mol. The van der Waals surface area contributed by atoms with E-state index in [0.29, 0.717) is 17.5 Å². The zero-order valence-electron chi connectivity index (χ0n) is 28.7. The molecule has 1 aliphatic rings. The summed E-state index contributed by atoms with van der Waals surface area (Å²) in [5.41, 5.74) is 13.9. The van der Waals surface area contributed by atoms with Crippen molar-refractivity contribution in [2.45, 2.75) is 19.3 Å². The molecule has 5 heteroatoms. The van der Waals surface area contributed by atoms with Crippen LogP contribution in [-0.2, 0) is 5.41 Å². The lowest BCUT2D eigenvalue weighted by molar-refractivity contribution is 0.661. The number of rotatable bonds is 5. The van der Waals surface area contributed by atoms with Gasteiger partial charge >= 0.3 is 0 Å². The Morgan fingerprint density at radius 1 is 0.423 bits per heavy atom. The summed E-state index contributed by atoms with van der Waals surface area (Å²) in [7, 11) is 0. The number of para-hydroxylation sites is 1. The number of hydrogen-bond donors (Lipinski definition) is 0. The van der Waals surface area contributed by atoms with Crippen molar-refractivity contribution >= 4 is 21.9 Å². The topological polar surface area (TPSA) is 64.7 Å². The third kappa shape index (κ3) is 4.85. The first-order valence-electron chi connectivity index (χ1n) is 17.5. The van der Waals surface area contributed by atoms with Gasteiger partial charge in [0.1, 0.15) is 11.2 Å². The molecule has 0 saturated heterocycles. The van der Waals surface area contributed by atoms with Crippen molar-refractivity contribution in [2.24, 2.45) is 0 Å². The van der Waals surface area contributed by atoms with Crippen LogP contribution < -0.4 is 0 Å². The molecule has 0 amide bonds. The number of benzene rings is 6. The van der Waals surface area contributed by atoms with Crippen molar-refractivity contribution in [1.29, 1.82) is 0 Å². The standard InChI is InChI=1S/C47H32N4O/c1-47(2)40-12-5-3-8-35(40)37-10-7-11-38(43(37)47)46-50-44(32-18-14-29(15-19-32)31-24-26-48-27-25-31)49-45(51-46)33-20-16-30(17-21-33)34-22-23-42-39(28-34)36-9-4-6-13-41(36)52-42/h3-28H,1-2H3. The van der Waals surface area contributed by atoms with Gasteiger partial charge in [0, 0.05) is 45.3 Å². The fourth-order valence-corrected chi connectivity index (χ4v) is 7.86. The minimum Gasteiger partial charge on any atom is -0.456 e.